The van der Waals surface area contributed by atoms with E-state index < -0.39 is 0 Å². The Labute approximate surface area is 144 Å². The Morgan fingerprint density at radius 1 is 1.12 bits per heavy atom. The van der Waals surface area contributed by atoms with E-state index in [9.17, 15) is 0 Å². The Morgan fingerprint density at radius 2 is 1.79 bits per heavy atom. The van der Waals surface area contributed by atoms with E-state index in [1.165, 1.54) is 0 Å². The van der Waals surface area contributed by atoms with Crippen molar-refractivity contribution >= 4 is 0 Å². The van der Waals surface area contributed by atoms with E-state index in [0.717, 1.165) is 17.8 Å². The van der Waals surface area contributed by atoms with E-state index in [1.54, 1.807) is 0 Å². The molecule has 3 N–H and O–H groups in total. The summed E-state index contributed by atoms with van der Waals surface area (Å²) in [6.07, 6.45) is 0.969. The summed E-state index contributed by atoms with van der Waals surface area (Å²) in [5.41, 5.74) is 6.82. The lowest BCUT2D eigenvalue weighted by atomic mass is 9.81. The van der Waals surface area contributed by atoms with Crippen LogP contribution in [-0.2, 0) is 5.54 Å². The average molecular weight is 330 g/mol. The summed E-state index contributed by atoms with van der Waals surface area (Å²) in [7, 11) is 0. The third-order valence-corrected chi connectivity index (χ3v) is 3.91. The van der Waals surface area contributed by atoms with Gasteiger partial charge in [0.25, 0.3) is 0 Å². The maximum atomic E-state index is 5.69. The second-order valence-corrected chi connectivity index (χ2v) is 8.09. The monoisotopic (exact) mass is 330 g/mol. The molecule has 1 unspecified atom stereocenters. The van der Waals surface area contributed by atoms with Gasteiger partial charge in [-0.15, -0.1) is 5.10 Å². The fourth-order valence-corrected chi connectivity index (χ4v) is 3.41. The molecule has 1 heterocycles. The Bertz CT molecular complexity index is 626. The van der Waals surface area contributed by atoms with Gasteiger partial charge in [0.15, 0.2) is 5.82 Å². The lowest BCUT2D eigenvalue weighted by molar-refractivity contribution is 0.188. The van der Waals surface area contributed by atoms with Crippen LogP contribution in [0.1, 0.15) is 58.5 Å². The number of nitrogens with one attached hydrogen (secondary N) is 1. The number of benzene rings is 1. The van der Waals surface area contributed by atoms with E-state index in [4.69, 9.17) is 5.73 Å². The summed E-state index contributed by atoms with van der Waals surface area (Å²) in [5, 5.41) is 16.1. The standard InChI is InChI=1S/C18H30N6/c1-17(2,3)13-18(4,5)24-16(21-22-23-24)15(20-12-11-19)14-9-7-6-8-10-14/h6-10,15,20H,11-13,19H2,1-5H3. The van der Waals surface area contributed by atoms with Crippen LogP contribution in [0.25, 0.3) is 0 Å². The highest BCUT2D eigenvalue weighted by Gasteiger charge is 2.33. The van der Waals surface area contributed by atoms with Crippen molar-refractivity contribution in [3.8, 4) is 0 Å². The molecule has 1 aromatic heterocycles. The number of rotatable bonds is 7. The van der Waals surface area contributed by atoms with E-state index in [1.807, 2.05) is 22.9 Å². The Kier molecular flexibility index (Phi) is 5.72. The number of nitrogens with zero attached hydrogens (tertiary/aromatic N) is 4. The van der Waals surface area contributed by atoms with E-state index in [0.29, 0.717) is 13.1 Å². The maximum absolute atomic E-state index is 5.69. The van der Waals surface area contributed by atoms with Crippen molar-refractivity contribution in [1.82, 2.24) is 25.5 Å². The van der Waals surface area contributed by atoms with Gasteiger partial charge in [-0.25, -0.2) is 4.68 Å². The SMILES string of the molecule is CC(C)(C)CC(C)(C)n1nnnc1C(NCCN)c1ccccc1. The fourth-order valence-electron chi connectivity index (χ4n) is 3.41. The normalized spacial score (nSPS) is 13.9. The topological polar surface area (TPSA) is 81.7 Å². The molecule has 132 valence electrons. The van der Waals surface area contributed by atoms with Crippen molar-refractivity contribution in [2.45, 2.75) is 52.6 Å². The molecule has 1 atom stereocenters. The van der Waals surface area contributed by atoms with Gasteiger partial charge in [-0.2, -0.15) is 0 Å². The molecule has 0 spiro atoms. The zero-order chi connectivity index (χ0) is 17.8. The van der Waals surface area contributed by atoms with Crippen LogP contribution in [0.5, 0.6) is 0 Å². The van der Waals surface area contributed by atoms with Gasteiger partial charge in [0.2, 0.25) is 0 Å². The summed E-state index contributed by atoms with van der Waals surface area (Å²) in [5.74, 6) is 0.823. The minimum absolute atomic E-state index is 0.0796. The molecule has 2 rings (SSSR count). The maximum Gasteiger partial charge on any atom is 0.173 e. The molecule has 0 radical (unpaired) electrons. The van der Waals surface area contributed by atoms with Gasteiger partial charge >= 0.3 is 0 Å². The van der Waals surface area contributed by atoms with Gasteiger partial charge in [0.05, 0.1) is 11.6 Å². The molecule has 6 heteroatoms. The van der Waals surface area contributed by atoms with Crippen LogP contribution >= 0.6 is 0 Å². The van der Waals surface area contributed by atoms with Gasteiger partial charge in [0.1, 0.15) is 0 Å². The van der Waals surface area contributed by atoms with E-state index in [-0.39, 0.29) is 17.0 Å². The summed E-state index contributed by atoms with van der Waals surface area (Å²) < 4.78 is 1.96. The summed E-state index contributed by atoms with van der Waals surface area (Å²) in [6, 6.07) is 10.2. The third kappa shape index (κ3) is 4.61. The van der Waals surface area contributed by atoms with Crippen LogP contribution < -0.4 is 11.1 Å². The van der Waals surface area contributed by atoms with Crippen molar-refractivity contribution in [2.24, 2.45) is 11.1 Å². The molecule has 0 aliphatic carbocycles. The zero-order valence-electron chi connectivity index (χ0n) is 15.5. The summed E-state index contributed by atoms with van der Waals surface area (Å²) in [6.45, 7) is 12.3. The quantitative estimate of drug-likeness (QED) is 0.815. The smallest absolute Gasteiger partial charge is 0.173 e. The molecule has 0 aliphatic heterocycles. The van der Waals surface area contributed by atoms with Crippen LogP contribution in [0.15, 0.2) is 30.3 Å². The molecule has 1 aromatic carbocycles. The predicted octanol–water partition coefficient (Wildman–Crippen LogP) is 2.48. The van der Waals surface area contributed by atoms with Crippen LogP contribution in [0.3, 0.4) is 0 Å². The first-order valence-electron chi connectivity index (χ1n) is 8.52. The Hall–Kier alpha value is -1.79. The van der Waals surface area contributed by atoms with Crippen molar-refractivity contribution in [3.05, 3.63) is 41.7 Å². The Morgan fingerprint density at radius 3 is 2.38 bits per heavy atom. The third-order valence-electron chi connectivity index (χ3n) is 3.91. The highest BCUT2D eigenvalue weighted by molar-refractivity contribution is 5.24. The van der Waals surface area contributed by atoms with E-state index in [2.05, 4.69) is 67.6 Å². The highest BCUT2D eigenvalue weighted by atomic mass is 15.6. The minimum atomic E-state index is -0.186. The lowest BCUT2D eigenvalue weighted by Gasteiger charge is -2.34. The van der Waals surface area contributed by atoms with Crippen LogP contribution in [0, 0.1) is 5.41 Å². The number of nitrogens with two attached hydrogens (primary N) is 1. The molecule has 24 heavy (non-hydrogen) atoms. The molecule has 0 saturated carbocycles. The first-order valence-corrected chi connectivity index (χ1v) is 8.52. The average Bonchev–Trinajstić information content (AvgIpc) is 2.97. The number of hydrogen-bond acceptors (Lipinski definition) is 5. The van der Waals surface area contributed by atoms with Crippen molar-refractivity contribution in [1.29, 1.82) is 0 Å². The fraction of sp³-hybridized carbons (Fsp3) is 0.611. The zero-order valence-corrected chi connectivity index (χ0v) is 15.5. The van der Waals surface area contributed by atoms with E-state index >= 15 is 0 Å². The Balaban J connectivity index is 2.40. The second kappa shape index (κ2) is 7.40. The lowest BCUT2D eigenvalue weighted by Crippen LogP contribution is -2.37. The largest absolute Gasteiger partial charge is 0.329 e. The summed E-state index contributed by atoms with van der Waals surface area (Å²) in [4.78, 5) is 0. The second-order valence-electron chi connectivity index (χ2n) is 8.09. The molecule has 0 aliphatic rings. The first kappa shape index (κ1) is 18.5. The number of tetrazole rings is 1. The van der Waals surface area contributed by atoms with Gasteiger partial charge in [-0.05, 0) is 41.7 Å². The van der Waals surface area contributed by atoms with Crippen LogP contribution in [-0.4, -0.2) is 33.3 Å². The molecule has 2 aromatic rings. The van der Waals surface area contributed by atoms with Crippen LogP contribution in [0.4, 0.5) is 0 Å². The van der Waals surface area contributed by atoms with Gasteiger partial charge < -0.3 is 11.1 Å². The summed E-state index contributed by atoms with van der Waals surface area (Å²) >= 11 is 0. The molecule has 0 saturated heterocycles. The molecule has 0 fully saturated rings. The minimum Gasteiger partial charge on any atom is -0.329 e. The van der Waals surface area contributed by atoms with Gasteiger partial charge in [-0.1, -0.05) is 51.1 Å². The molecular formula is C18H30N6. The number of aromatic nitrogens is 4. The highest BCUT2D eigenvalue weighted by Crippen LogP contribution is 2.33. The van der Waals surface area contributed by atoms with Crippen molar-refractivity contribution in [2.75, 3.05) is 13.1 Å². The molecule has 0 bridgehead atoms. The van der Waals surface area contributed by atoms with Gasteiger partial charge in [-0.3, -0.25) is 0 Å². The predicted molar refractivity (Wildman–Crippen MR) is 96.6 cm³/mol. The van der Waals surface area contributed by atoms with Gasteiger partial charge in [0, 0.05) is 13.1 Å². The molecule has 0 amide bonds. The first-order chi connectivity index (χ1) is 11.2. The van der Waals surface area contributed by atoms with Crippen LogP contribution in [0.2, 0.25) is 0 Å². The molecule has 6 nitrogen and oxygen atoms in total. The van der Waals surface area contributed by atoms with Crippen molar-refractivity contribution in [3.63, 3.8) is 0 Å². The number of hydrogen-bond donors (Lipinski definition) is 2. The molecular weight excluding hydrogens is 300 g/mol. The van der Waals surface area contributed by atoms with Crippen molar-refractivity contribution < 1.29 is 0 Å².